The summed E-state index contributed by atoms with van der Waals surface area (Å²) in [6, 6.07) is 6.24. The van der Waals surface area contributed by atoms with E-state index >= 15 is 0 Å². The molecule has 0 saturated heterocycles. The van der Waals surface area contributed by atoms with Gasteiger partial charge in [-0.1, -0.05) is 13.3 Å². The number of nitrogens with one attached hydrogen (secondary N) is 2. The number of carbonyl (C=O) groups is 2. The fourth-order valence-corrected chi connectivity index (χ4v) is 1.64. The van der Waals surface area contributed by atoms with Crippen LogP contribution >= 0.6 is 0 Å². The maximum atomic E-state index is 11.7. The molecule has 1 aromatic rings. The van der Waals surface area contributed by atoms with Crippen LogP contribution in [0.4, 0.5) is 5.69 Å². The van der Waals surface area contributed by atoms with Crippen LogP contribution in [0.2, 0.25) is 0 Å². The first-order valence-corrected chi connectivity index (χ1v) is 6.53. The van der Waals surface area contributed by atoms with E-state index in [-0.39, 0.29) is 11.8 Å². The summed E-state index contributed by atoms with van der Waals surface area (Å²) >= 11 is 0. The average Bonchev–Trinajstić information content (AvgIpc) is 2.40. The van der Waals surface area contributed by atoms with Crippen molar-refractivity contribution in [3.8, 4) is 0 Å². The van der Waals surface area contributed by atoms with Crippen LogP contribution in [0.5, 0.6) is 0 Å². The van der Waals surface area contributed by atoms with Crippen LogP contribution in [-0.4, -0.2) is 24.4 Å². The van der Waals surface area contributed by atoms with E-state index in [4.69, 9.17) is 5.73 Å². The number of hydrogen-bond donors (Lipinski definition) is 3. The van der Waals surface area contributed by atoms with Crippen molar-refractivity contribution in [1.82, 2.24) is 5.32 Å². The zero-order chi connectivity index (χ0) is 14.3. The first-order valence-electron chi connectivity index (χ1n) is 6.53. The highest BCUT2D eigenvalue weighted by Gasteiger charge is 2.12. The van der Waals surface area contributed by atoms with E-state index in [9.17, 15) is 9.59 Å². The van der Waals surface area contributed by atoms with Crippen molar-refractivity contribution in [1.29, 1.82) is 0 Å². The van der Waals surface area contributed by atoms with Crippen LogP contribution in [0.25, 0.3) is 0 Å². The molecular formula is C14H21N3O2. The molecule has 19 heavy (non-hydrogen) atoms. The Kier molecular flexibility index (Phi) is 6.02. The molecule has 4 N–H and O–H groups in total. The Hall–Kier alpha value is -1.88. The van der Waals surface area contributed by atoms with Gasteiger partial charge >= 0.3 is 0 Å². The molecule has 5 nitrogen and oxygen atoms in total. The van der Waals surface area contributed by atoms with Crippen LogP contribution in [0, 0.1) is 0 Å². The minimum Gasteiger partial charge on any atom is -0.352 e. The molecule has 1 aromatic carbocycles. The molecule has 0 saturated carbocycles. The van der Waals surface area contributed by atoms with Gasteiger partial charge in [0.1, 0.15) is 0 Å². The van der Waals surface area contributed by atoms with E-state index in [1.165, 1.54) is 0 Å². The van der Waals surface area contributed by atoms with Crippen molar-refractivity contribution in [2.45, 2.75) is 32.7 Å². The molecule has 0 bridgehead atoms. The van der Waals surface area contributed by atoms with Crippen molar-refractivity contribution >= 4 is 17.5 Å². The minimum atomic E-state index is -0.493. The predicted molar refractivity (Wildman–Crippen MR) is 76.0 cm³/mol. The molecule has 5 heteroatoms. The van der Waals surface area contributed by atoms with Crippen molar-refractivity contribution in [3.05, 3.63) is 29.8 Å². The highest BCUT2D eigenvalue weighted by Crippen LogP contribution is 2.10. The van der Waals surface area contributed by atoms with Gasteiger partial charge in [-0.3, -0.25) is 9.59 Å². The number of nitrogens with two attached hydrogens (primary N) is 1. The van der Waals surface area contributed by atoms with E-state index in [0.717, 1.165) is 6.42 Å². The Morgan fingerprint density at radius 1 is 1.21 bits per heavy atom. The third-order valence-electron chi connectivity index (χ3n) is 2.69. The van der Waals surface area contributed by atoms with E-state index in [1.54, 1.807) is 24.3 Å². The summed E-state index contributed by atoms with van der Waals surface area (Å²) in [6.45, 7) is 4.43. The van der Waals surface area contributed by atoms with Gasteiger partial charge in [-0.05, 0) is 37.6 Å². The Balaban J connectivity index is 2.62. The van der Waals surface area contributed by atoms with E-state index in [2.05, 4.69) is 10.6 Å². The Morgan fingerprint density at radius 2 is 1.84 bits per heavy atom. The van der Waals surface area contributed by atoms with Crippen LogP contribution in [0.1, 0.15) is 37.0 Å². The summed E-state index contributed by atoms with van der Waals surface area (Å²) in [6.07, 6.45) is 1.52. The lowest BCUT2D eigenvalue weighted by atomic mass is 10.1. The molecule has 1 atom stereocenters. The summed E-state index contributed by atoms with van der Waals surface area (Å²) in [5.41, 5.74) is 6.93. The third kappa shape index (κ3) is 4.71. The maximum Gasteiger partial charge on any atom is 0.251 e. The van der Waals surface area contributed by atoms with Gasteiger partial charge < -0.3 is 16.4 Å². The van der Waals surface area contributed by atoms with Crippen molar-refractivity contribution in [2.24, 2.45) is 5.73 Å². The van der Waals surface area contributed by atoms with Gasteiger partial charge in [0.2, 0.25) is 5.91 Å². The van der Waals surface area contributed by atoms with Gasteiger partial charge in [0.05, 0.1) is 6.04 Å². The summed E-state index contributed by atoms with van der Waals surface area (Å²) < 4.78 is 0. The minimum absolute atomic E-state index is 0.122. The molecule has 0 aliphatic heterocycles. The monoisotopic (exact) mass is 263 g/mol. The Labute approximate surface area is 113 Å². The number of anilines is 1. The number of carbonyl (C=O) groups excluding carboxylic acids is 2. The second-order valence-electron chi connectivity index (χ2n) is 4.32. The van der Waals surface area contributed by atoms with Gasteiger partial charge in [-0.2, -0.15) is 0 Å². The van der Waals surface area contributed by atoms with Gasteiger partial charge in [-0.25, -0.2) is 0 Å². The van der Waals surface area contributed by atoms with Crippen molar-refractivity contribution < 1.29 is 9.59 Å². The normalized spacial score (nSPS) is 11.7. The van der Waals surface area contributed by atoms with E-state index in [1.807, 2.05) is 13.8 Å². The molecular weight excluding hydrogens is 242 g/mol. The molecule has 0 spiro atoms. The molecule has 0 heterocycles. The molecule has 0 unspecified atom stereocenters. The van der Waals surface area contributed by atoms with Crippen LogP contribution in [-0.2, 0) is 4.79 Å². The van der Waals surface area contributed by atoms with Crippen LogP contribution in [0.3, 0.4) is 0 Å². The lowest BCUT2D eigenvalue weighted by molar-refractivity contribution is -0.117. The highest BCUT2D eigenvalue weighted by atomic mass is 16.2. The van der Waals surface area contributed by atoms with Crippen LogP contribution < -0.4 is 16.4 Å². The van der Waals surface area contributed by atoms with Gasteiger partial charge in [0, 0.05) is 17.8 Å². The third-order valence-corrected chi connectivity index (χ3v) is 2.69. The number of rotatable bonds is 6. The maximum absolute atomic E-state index is 11.7. The second kappa shape index (κ2) is 7.53. The molecule has 1 rings (SSSR count). The molecule has 0 radical (unpaired) electrons. The van der Waals surface area contributed by atoms with Gasteiger partial charge in [0.15, 0.2) is 0 Å². The molecule has 0 aromatic heterocycles. The zero-order valence-corrected chi connectivity index (χ0v) is 11.4. The van der Waals surface area contributed by atoms with E-state index in [0.29, 0.717) is 24.2 Å². The molecule has 2 amide bonds. The fourth-order valence-electron chi connectivity index (χ4n) is 1.64. The molecule has 104 valence electrons. The smallest absolute Gasteiger partial charge is 0.251 e. The Bertz CT molecular complexity index is 429. The number of amides is 2. The average molecular weight is 263 g/mol. The summed E-state index contributed by atoms with van der Waals surface area (Å²) in [7, 11) is 0. The largest absolute Gasteiger partial charge is 0.352 e. The highest BCUT2D eigenvalue weighted by molar-refractivity contribution is 5.97. The van der Waals surface area contributed by atoms with Crippen LogP contribution in [0.15, 0.2) is 24.3 Å². The van der Waals surface area contributed by atoms with Crippen molar-refractivity contribution in [3.63, 3.8) is 0 Å². The fraction of sp³-hybridized carbons (Fsp3) is 0.429. The first-order chi connectivity index (χ1) is 9.08. The number of hydrogen-bond acceptors (Lipinski definition) is 3. The molecule has 0 aliphatic carbocycles. The Morgan fingerprint density at radius 3 is 2.37 bits per heavy atom. The van der Waals surface area contributed by atoms with Gasteiger partial charge in [-0.15, -0.1) is 0 Å². The first kappa shape index (κ1) is 15.2. The summed E-state index contributed by atoms with van der Waals surface area (Å²) in [4.78, 5) is 23.3. The lowest BCUT2D eigenvalue weighted by Crippen LogP contribution is -2.35. The standard InChI is InChI=1S/C14H21N3O2/c1-3-5-12(15)14(19)17-11-8-6-10(7-9-11)13(18)16-4-2/h6-9,12H,3-5,15H2,1-2H3,(H,16,18)(H,17,19)/t12-/m0/s1. The zero-order valence-electron chi connectivity index (χ0n) is 11.4. The molecule has 0 fully saturated rings. The molecule has 0 aliphatic rings. The van der Waals surface area contributed by atoms with Crippen molar-refractivity contribution in [2.75, 3.05) is 11.9 Å². The summed E-state index contributed by atoms with van der Waals surface area (Å²) in [5.74, 6) is -0.323. The lowest BCUT2D eigenvalue weighted by Gasteiger charge is -2.11. The topological polar surface area (TPSA) is 84.2 Å². The number of benzene rings is 1. The predicted octanol–water partition coefficient (Wildman–Crippen LogP) is 1.50. The second-order valence-corrected chi connectivity index (χ2v) is 4.32. The summed E-state index contributed by atoms with van der Waals surface area (Å²) in [5, 5.41) is 5.44. The SMILES string of the molecule is CCC[C@H](N)C(=O)Nc1ccc(C(=O)NCC)cc1. The van der Waals surface area contributed by atoms with Gasteiger partial charge in [0.25, 0.3) is 5.91 Å². The van der Waals surface area contributed by atoms with E-state index < -0.39 is 6.04 Å². The quantitative estimate of drug-likeness (QED) is 0.727.